The molecule has 8 aliphatic rings. The largest absolute Gasteiger partial charge is 0.461 e. The maximum atomic E-state index is 16.6. The molecule has 530 valence electrons. The van der Waals surface area contributed by atoms with Gasteiger partial charge in [0.05, 0.1) is 41.8 Å². The van der Waals surface area contributed by atoms with E-state index in [1.165, 1.54) is 31.6 Å². The van der Waals surface area contributed by atoms with Gasteiger partial charge >= 0.3 is 35.8 Å². The molecule has 3 aromatic carbocycles. The van der Waals surface area contributed by atoms with E-state index in [9.17, 15) is 54.0 Å². The van der Waals surface area contributed by atoms with Crippen LogP contribution in [0.3, 0.4) is 0 Å². The molecule has 7 aliphatic carbocycles. The Kier molecular flexibility index (Phi) is 21.2. The fourth-order valence-corrected chi connectivity index (χ4v) is 17.9. The zero-order valence-corrected chi connectivity index (χ0v) is 57.9. The molecule has 3 aromatic rings. The number of hydrogen-bond acceptors (Lipinski definition) is 19. The number of allylic oxidation sites excluding steroid dienone is 4. The van der Waals surface area contributed by atoms with Gasteiger partial charge in [-0.05, 0) is 153 Å². The van der Waals surface area contributed by atoms with Gasteiger partial charge in [0.2, 0.25) is 0 Å². The van der Waals surface area contributed by atoms with Gasteiger partial charge in [0.1, 0.15) is 36.1 Å². The number of benzene rings is 3. The molecular weight excluding hydrogens is 1270 g/mol. The molecule has 5 N–H and O–H groups in total. The number of ketones is 1. The van der Waals surface area contributed by atoms with Gasteiger partial charge in [0.25, 0.3) is 5.91 Å². The average Bonchev–Trinajstić information content (AvgIpc) is 0.674. The zero-order valence-electron chi connectivity index (χ0n) is 57.9. The summed E-state index contributed by atoms with van der Waals surface area (Å²) < 4.78 is 43.9. The second-order valence-corrected chi connectivity index (χ2v) is 29.9. The molecule has 1 heterocycles. The molecule has 11 rings (SSSR count). The second-order valence-electron chi connectivity index (χ2n) is 29.9. The number of aliphatic hydroxyl groups excluding tert-OH is 3. The maximum absolute atomic E-state index is 16.6. The molecule has 0 radical (unpaired) electrons. The van der Waals surface area contributed by atoms with E-state index < -0.39 is 150 Å². The Morgan fingerprint density at radius 1 is 0.768 bits per heavy atom. The fraction of sp³-hybridized carbons (Fsp3) is 0.544. The molecule has 20 heteroatoms. The quantitative estimate of drug-likeness (QED) is 0.0376. The lowest BCUT2D eigenvalue weighted by molar-refractivity contribution is -0.346. The summed E-state index contributed by atoms with van der Waals surface area (Å²) in [5.74, 6) is -7.36. The van der Waals surface area contributed by atoms with Crippen molar-refractivity contribution >= 4 is 47.5 Å². The van der Waals surface area contributed by atoms with E-state index in [1.807, 2.05) is 12.2 Å². The van der Waals surface area contributed by atoms with Gasteiger partial charge in [-0.3, -0.25) is 28.8 Å². The van der Waals surface area contributed by atoms with Crippen LogP contribution < -0.4 is 5.32 Å². The Morgan fingerprint density at radius 3 is 2.04 bits per heavy atom. The molecule has 7 fully saturated rings. The number of nitrogens with one attached hydrogen (secondary N) is 1. The topological polar surface area (TPSA) is 294 Å². The normalized spacial score (nSPS) is 33.6. The van der Waals surface area contributed by atoms with Crippen LogP contribution in [0.5, 0.6) is 0 Å². The van der Waals surface area contributed by atoms with Crippen molar-refractivity contribution in [2.45, 2.75) is 217 Å². The summed E-state index contributed by atoms with van der Waals surface area (Å²) in [6.45, 7) is 16.8. The maximum Gasteiger partial charge on any atom is 0.338 e. The number of Topliss-reactive ketones (excluding diaryl/α,β-unsaturated/α-hetero) is 1. The Morgan fingerprint density at radius 2 is 1.41 bits per heavy atom. The van der Waals surface area contributed by atoms with Gasteiger partial charge < -0.3 is 58.9 Å². The van der Waals surface area contributed by atoms with Gasteiger partial charge in [-0.2, -0.15) is 0 Å². The monoisotopic (exact) mass is 1360 g/mol. The first-order valence-electron chi connectivity index (χ1n) is 35.1. The lowest BCUT2D eigenvalue weighted by Crippen LogP contribution is -2.82. The summed E-state index contributed by atoms with van der Waals surface area (Å²) in [7, 11) is 0. The van der Waals surface area contributed by atoms with E-state index in [-0.39, 0.29) is 59.5 Å². The van der Waals surface area contributed by atoms with Crippen LogP contribution in [-0.4, -0.2) is 141 Å². The van der Waals surface area contributed by atoms with Crippen LogP contribution >= 0.6 is 0 Å². The Bertz CT molecular complexity index is 3720. The molecule has 18 atom stereocenters. The number of aliphatic hydroxyl groups is 4. The third kappa shape index (κ3) is 14.2. The minimum Gasteiger partial charge on any atom is -0.461 e. The third-order valence-electron chi connectivity index (χ3n) is 23.4. The molecule has 0 aromatic heterocycles. The Balaban J connectivity index is 0.859. The van der Waals surface area contributed by atoms with E-state index in [0.717, 1.165) is 64.4 Å². The van der Waals surface area contributed by atoms with Crippen LogP contribution in [0.15, 0.2) is 150 Å². The molecule has 1 saturated heterocycles. The van der Waals surface area contributed by atoms with E-state index in [1.54, 1.807) is 92.7 Å². The molecule has 0 spiro atoms. The molecule has 1 amide bonds. The van der Waals surface area contributed by atoms with E-state index in [0.29, 0.717) is 41.2 Å². The number of esters is 6. The summed E-state index contributed by atoms with van der Waals surface area (Å²) in [6, 6.07) is 22.7. The van der Waals surface area contributed by atoms with Gasteiger partial charge in [0.15, 0.2) is 23.6 Å². The average molecular weight is 1360 g/mol. The number of hydrogen-bond donors (Lipinski definition) is 5. The van der Waals surface area contributed by atoms with Crippen LogP contribution in [0.1, 0.15) is 178 Å². The predicted octanol–water partition coefficient (Wildman–Crippen LogP) is 10.1. The number of carbonyl (C=O) groups excluding carboxylic acids is 8. The van der Waals surface area contributed by atoms with Gasteiger partial charge in [-0.1, -0.05) is 131 Å². The molecule has 2 bridgehead atoms. The van der Waals surface area contributed by atoms with Gasteiger partial charge in [-0.25, -0.2) is 9.59 Å². The molecule has 20 nitrogen and oxygen atoms in total. The zero-order chi connectivity index (χ0) is 71.1. The van der Waals surface area contributed by atoms with Crippen LogP contribution in [0.25, 0.3) is 0 Å². The standard InChI is InChI=1S/C79H95NO19/c1-44(30-37-58(84)50-32-33-50)56-35-36-57-49(27-20-38-76(56,57)8)31-34-54-39-55(83)40-59(45(54)2)95-63(85)28-19-29-64(86)97-61-41-62-78(43-93-62,99-48(5)82)69-71(98-73(90)53-25-17-12-18-26-53)79(92)42-60(46(3)65(75(79,6)7)68(94-47(4)81)70(88)77(61,69)9)96-74(91)67(87)66(51-21-13-10-14-22-51)80-72(89)52-23-15-11-16-24-52/h10-18,21-26,30-31,34,37,44,50,55-62,66-69,71,83-84,87,92H,2,19-20,27-29,32-33,35-36,38-43H2,1,3-9H3,(H,80,89)/b37-30+,49-31+,54-34-/t44-,55+,56?,57?,58?,59-,60?,61?,62?,66?,67?,68?,69?,71?,76+,77?,78?,79?/m0/s1. The number of amides is 1. The summed E-state index contributed by atoms with van der Waals surface area (Å²) >= 11 is 0. The number of rotatable bonds is 21. The minimum absolute atomic E-state index is 0.00424. The van der Waals surface area contributed by atoms with Crippen LogP contribution in [0, 0.1) is 45.8 Å². The smallest absolute Gasteiger partial charge is 0.338 e. The van der Waals surface area contributed by atoms with E-state index >= 15 is 4.79 Å². The summed E-state index contributed by atoms with van der Waals surface area (Å²) in [6.07, 6.45) is 2.16. The predicted molar refractivity (Wildman–Crippen MR) is 361 cm³/mol. The van der Waals surface area contributed by atoms with Crippen molar-refractivity contribution in [3.8, 4) is 0 Å². The number of carbonyl (C=O) groups is 8. The van der Waals surface area contributed by atoms with Crippen LogP contribution in [0.2, 0.25) is 0 Å². The highest BCUT2D eigenvalue weighted by atomic mass is 16.6. The van der Waals surface area contributed by atoms with Crippen molar-refractivity contribution in [2.75, 3.05) is 6.61 Å². The Hall–Kier alpha value is -7.88. The van der Waals surface area contributed by atoms with Crippen LogP contribution in [-0.2, 0) is 61.9 Å². The highest BCUT2D eigenvalue weighted by Crippen LogP contribution is 2.66. The first-order chi connectivity index (χ1) is 47.0. The van der Waals surface area contributed by atoms with Crippen LogP contribution in [0.4, 0.5) is 0 Å². The number of ether oxygens (including phenoxy) is 7. The first-order valence-corrected chi connectivity index (χ1v) is 35.1. The minimum atomic E-state index is -2.55. The second kappa shape index (κ2) is 29.0. The molecule has 1 aliphatic heterocycles. The highest BCUT2D eigenvalue weighted by Gasteiger charge is 2.79. The highest BCUT2D eigenvalue weighted by molar-refractivity contribution is 5.97. The molecular formula is C79H95NO19. The lowest BCUT2D eigenvalue weighted by Gasteiger charge is -2.67. The van der Waals surface area contributed by atoms with Crippen molar-refractivity contribution in [3.05, 3.63) is 166 Å². The lowest BCUT2D eigenvalue weighted by atomic mass is 9.44. The van der Waals surface area contributed by atoms with Crippen molar-refractivity contribution < 1.29 is 91.9 Å². The summed E-state index contributed by atoms with van der Waals surface area (Å²) in [4.78, 5) is 116. The first kappa shape index (κ1) is 72.4. The fourth-order valence-electron chi connectivity index (χ4n) is 17.9. The van der Waals surface area contributed by atoms with Crippen molar-refractivity contribution in [1.29, 1.82) is 0 Å². The van der Waals surface area contributed by atoms with Crippen molar-refractivity contribution in [2.24, 2.45) is 45.8 Å². The summed E-state index contributed by atoms with van der Waals surface area (Å²) in [5, 5.41) is 50.9. The van der Waals surface area contributed by atoms with E-state index in [2.05, 4.69) is 37.9 Å². The molecule has 99 heavy (non-hydrogen) atoms. The summed E-state index contributed by atoms with van der Waals surface area (Å²) in [5.41, 5.74) is -5.14. The van der Waals surface area contributed by atoms with Gasteiger partial charge in [-0.15, -0.1) is 0 Å². The van der Waals surface area contributed by atoms with Crippen molar-refractivity contribution in [1.82, 2.24) is 5.32 Å². The number of fused-ring (bicyclic) bond motifs is 6. The molecule has 14 unspecified atom stereocenters. The Labute approximate surface area is 578 Å². The third-order valence-corrected chi connectivity index (χ3v) is 23.4. The van der Waals surface area contributed by atoms with Crippen molar-refractivity contribution in [3.63, 3.8) is 0 Å². The van der Waals surface area contributed by atoms with E-state index in [4.69, 9.17) is 33.2 Å². The molecule has 6 saturated carbocycles. The SMILES string of the molecule is C=C1/C(=C\C=C2/CCC[C@@]3(C)C2CCC3[C@@H](C)/C=C/C(O)C2CC2)C[C@@H](O)C[C@@H]1OC(=O)CCCC(=O)OC1CC2OCC2(OC(C)=O)C2C(OC(=O)c3ccccc3)C3(O)CC(OC(=O)C(O)C(NC(=O)c4ccccc4)c4ccccc4)C(C)=C(C(OC(C)=O)C(=O)C12C)C3(C)C. The van der Waals surface area contributed by atoms with Gasteiger partial charge in [0, 0.05) is 56.9 Å².